The van der Waals surface area contributed by atoms with Gasteiger partial charge in [0, 0.05) is 12.1 Å². The van der Waals surface area contributed by atoms with Gasteiger partial charge in [-0.05, 0) is 45.1 Å². The van der Waals surface area contributed by atoms with Gasteiger partial charge in [-0.2, -0.15) is 0 Å². The van der Waals surface area contributed by atoms with Gasteiger partial charge in [0.05, 0.1) is 0 Å². The summed E-state index contributed by atoms with van der Waals surface area (Å²) in [7, 11) is 0. The Morgan fingerprint density at radius 2 is 1.85 bits per heavy atom. The molecule has 0 spiro atoms. The van der Waals surface area contributed by atoms with Crippen LogP contribution >= 0.6 is 0 Å². The van der Waals surface area contributed by atoms with Crippen molar-refractivity contribution >= 4 is 0 Å². The maximum absolute atomic E-state index is 2.77. The second-order valence-corrected chi connectivity index (χ2v) is 5.15. The second-order valence-electron chi connectivity index (χ2n) is 5.15. The smallest absolute Gasteiger partial charge is 0.0101 e. The van der Waals surface area contributed by atoms with E-state index in [2.05, 4.69) is 18.7 Å². The van der Waals surface area contributed by atoms with Gasteiger partial charge in [0.2, 0.25) is 0 Å². The molecule has 2 fully saturated rings. The highest BCUT2D eigenvalue weighted by Gasteiger charge is 2.30. The summed E-state index contributed by atoms with van der Waals surface area (Å²) in [6, 6.07) is 1.80. The van der Waals surface area contributed by atoms with Crippen LogP contribution in [-0.4, -0.2) is 23.5 Å². The molecule has 0 N–H and O–H groups in total. The Bertz CT molecular complexity index is 167. The van der Waals surface area contributed by atoms with Crippen molar-refractivity contribution in [2.24, 2.45) is 5.92 Å². The van der Waals surface area contributed by atoms with Crippen LogP contribution in [-0.2, 0) is 0 Å². The topological polar surface area (TPSA) is 3.24 Å². The van der Waals surface area contributed by atoms with Crippen LogP contribution in [0.15, 0.2) is 0 Å². The molecule has 1 aliphatic carbocycles. The molecule has 2 rings (SSSR count). The second kappa shape index (κ2) is 4.00. The van der Waals surface area contributed by atoms with Crippen LogP contribution in [0.2, 0.25) is 0 Å². The average Bonchev–Trinajstić information content (AvgIpc) is 2.51. The van der Waals surface area contributed by atoms with Crippen molar-refractivity contribution in [1.29, 1.82) is 0 Å². The van der Waals surface area contributed by atoms with Gasteiger partial charge in [-0.3, -0.25) is 4.90 Å². The number of rotatable bonds is 1. The molecule has 0 aromatic carbocycles. The Balaban J connectivity index is 1.91. The Morgan fingerprint density at radius 1 is 1.00 bits per heavy atom. The molecule has 0 radical (unpaired) electrons. The van der Waals surface area contributed by atoms with Crippen molar-refractivity contribution in [3.8, 4) is 0 Å². The molecule has 0 bridgehead atoms. The molecule has 1 saturated heterocycles. The fourth-order valence-corrected chi connectivity index (χ4v) is 3.20. The third-order valence-electron chi connectivity index (χ3n) is 3.98. The van der Waals surface area contributed by atoms with E-state index in [0.29, 0.717) is 0 Å². The van der Waals surface area contributed by atoms with E-state index in [1.54, 1.807) is 0 Å². The van der Waals surface area contributed by atoms with Crippen LogP contribution in [0, 0.1) is 5.92 Å². The van der Waals surface area contributed by atoms with Gasteiger partial charge in [-0.25, -0.2) is 0 Å². The van der Waals surface area contributed by atoms with Crippen LogP contribution in [0.4, 0.5) is 0 Å². The highest BCUT2D eigenvalue weighted by Crippen LogP contribution is 2.31. The molecule has 1 heterocycles. The first-order chi connectivity index (χ1) is 6.27. The van der Waals surface area contributed by atoms with Crippen molar-refractivity contribution in [3.05, 3.63) is 0 Å². The Labute approximate surface area is 82.5 Å². The molecule has 1 aliphatic heterocycles. The zero-order valence-electron chi connectivity index (χ0n) is 9.13. The van der Waals surface area contributed by atoms with E-state index in [1.807, 2.05) is 0 Å². The summed E-state index contributed by atoms with van der Waals surface area (Å²) in [6.45, 7) is 6.21. The fraction of sp³-hybridized carbons (Fsp3) is 1.00. The van der Waals surface area contributed by atoms with Crippen molar-refractivity contribution < 1.29 is 0 Å². The minimum Gasteiger partial charge on any atom is -0.298 e. The lowest BCUT2D eigenvalue weighted by Crippen LogP contribution is -2.40. The normalized spacial score (nSPS) is 42.5. The predicted molar refractivity (Wildman–Crippen MR) is 56.8 cm³/mol. The van der Waals surface area contributed by atoms with Crippen molar-refractivity contribution in [2.75, 3.05) is 6.54 Å². The molecule has 3 atom stereocenters. The summed E-state index contributed by atoms with van der Waals surface area (Å²) >= 11 is 0. The first kappa shape index (κ1) is 9.51. The monoisotopic (exact) mass is 181 g/mol. The molecule has 1 saturated carbocycles. The lowest BCUT2D eigenvalue weighted by Gasteiger charge is -2.36. The first-order valence-electron chi connectivity index (χ1n) is 6.03. The summed E-state index contributed by atoms with van der Waals surface area (Å²) in [5, 5.41) is 0. The largest absolute Gasteiger partial charge is 0.298 e. The van der Waals surface area contributed by atoms with E-state index in [4.69, 9.17) is 0 Å². The zero-order chi connectivity index (χ0) is 9.26. The van der Waals surface area contributed by atoms with E-state index in [0.717, 1.165) is 18.0 Å². The fourth-order valence-electron chi connectivity index (χ4n) is 3.20. The Morgan fingerprint density at radius 3 is 2.46 bits per heavy atom. The summed E-state index contributed by atoms with van der Waals surface area (Å²) in [5.74, 6) is 0.978. The molecule has 76 valence electrons. The van der Waals surface area contributed by atoms with Gasteiger partial charge in [-0.15, -0.1) is 0 Å². The molecule has 0 amide bonds. The lowest BCUT2D eigenvalue weighted by atomic mass is 9.86. The van der Waals surface area contributed by atoms with Gasteiger partial charge in [0.25, 0.3) is 0 Å². The van der Waals surface area contributed by atoms with Gasteiger partial charge >= 0.3 is 0 Å². The summed E-state index contributed by atoms with van der Waals surface area (Å²) in [5.41, 5.74) is 0. The van der Waals surface area contributed by atoms with Crippen molar-refractivity contribution in [1.82, 2.24) is 4.90 Å². The first-order valence-corrected chi connectivity index (χ1v) is 6.03. The molecule has 2 aliphatic rings. The molecular formula is C12H23N. The lowest BCUT2D eigenvalue weighted by molar-refractivity contribution is 0.129. The van der Waals surface area contributed by atoms with Crippen LogP contribution < -0.4 is 0 Å². The number of hydrogen-bond acceptors (Lipinski definition) is 1. The average molecular weight is 181 g/mol. The maximum Gasteiger partial charge on any atom is 0.0101 e. The summed E-state index contributed by atoms with van der Waals surface area (Å²) in [4.78, 5) is 2.77. The van der Waals surface area contributed by atoms with E-state index < -0.39 is 0 Å². The van der Waals surface area contributed by atoms with Crippen molar-refractivity contribution in [3.63, 3.8) is 0 Å². The Hall–Kier alpha value is -0.0400. The van der Waals surface area contributed by atoms with Crippen molar-refractivity contribution in [2.45, 2.75) is 64.5 Å². The van der Waals surface area contributed by atoms with Crippen LogP contribution in [0.3, 0.4) is 0 Å². The molecule has 13 heavy (non-hydrogen) atoms. The molecular weight excluding hydrogens is 158 g/mol. The molecule has 3 unspecified atom stereocenters. The predicted octanol–water partition coefficient (Wildman–Crippen LogP) is 3.05. The van der Waals surface area contributed by atoms with E-state index in [1.165, 1.54) is 45.1 Å². The maximum atomic E-state index is 2.77. The minimum atomic E-state index is 0.871. The van der Waals surface area contributed by atoms with Crippen LogP contribution in [0.25, 0.3) is 0 Å². The summed E-state index contributed by atoms with van der Waals surface area (Å²) in [6.07, 6.45) is 8.74. The Kier molecular flexibility index (Phi) is 2.92. The summed E-state index contributed by atoms with van der Waals surface area (Å²) < 4.78 is 0. The quantitative estimate of drug-likeness (QED) is 0.601. The SMILES string of the molecule is CC1CCCC(N2CCCC2C)C1. The van der Waals surface area contributed by atoms with E-state index >= 15 is 0 Å². The highest BCUT2D eigenvalue weighted by atomic mass is 15.2. The number of likely N-dealkylation sites (tertiary alicyclic amines) is 1. The van der Waals surface area contributed by atoms with Crippen LogP contribution in [0.5, 0.6) is 0 Å². The van der Waals surface area contributed by atoms with E-state index in [-0.39, 0.29) is 0 Å². The highest BCUT2D eigenvalue weighted by molar-refractivity contribution is 4.85. The van der Waals surface area contributed by atoms with Gasteiger partial charge < -0.3 is 0 Å². The third kappa shape index (κ3) is 2.07. The molecule has 0 aromatic rings. The molecule has 1 heteroatoms. The third-order valence-corrected chi connectivity index (χ3v) is 3.98. The zero-order valence-corrected chi connectivity index (χ0v) is 9.13. The van der Waals surface area contributed by atoms with Gasteiger partial charge in [-0.1, -0.05) is 19.8 Å². The van der Waals surface area contributed by atoms with E-state index in [9.17, 15) is 0 Å². The van der Waals surface area contributed by atoms with Gasteiger partial charge in [0.15, 0.2) is 0 Å². The molecule has 1 nitrogen and oxygen atoms in total. The minimum absolute atomic E-state index is 0.871. The molecule has 0 aromatic heterocycles. The van der Waals surface area contributed by atoms with Gasteiger partial charge in [0.1, 0.15) is 0 Å². The number of nitrogens with zero attached hydrogens (tertiary/aromatic N) is 1. The van der Waals surface area contributed by atoms with Crippen LogP contribution in [0.1, 0.15) is 52.4 Å². The number of hydrogen-bond donors (Lipinski definition) is 0. The standard InChI is InChI=1S/C12H23N/c1-10-5-3-7-12(9-10)13-8-4-6-11(13)2/h10-12H,3-9H2,1-2H3.